The average Bonchev–Trinajstić information content (AvgIpc) is 3.60. The summed E-state index contributed by atoms with van der Waals surface area (Å²) in [7, 11) is 0. The van der Waals surface area contributed by atoms with Gasteiger partial charge in [-0.1, -0.05) is 24.1 Å². The van der Waals surface area contributed by atoms with Crippen LogP contribution >= 0.6 is 0 Å². The molecule has 0 spiro atoms. The Morgan fingerprint density at radius 2 is 1.73 bits per heavy atom. The number of terminal acetylenes is 1. The molecule has 4 N–H and O–H groups in total. The number of nitrogens with two attached hydrogens (primary N) is 1. The zero-order valence-corrected chi connectivity index (χ0v) is 16.9. The van der Waals surface area contributed by atoms with Gasteiger partial charge in [0, 0.05) is 30.0 Å². The molecule has 0 unspecified atom stereocenters. The van der Waals surface area contributed by atoms with Crippen molar-refractivity contribution < 1.29 is 9.59 Å². The summed E-state index contributed by atoms with van der Waals surface area (Å²) in [4.78, 5) is 27.0. The second-order valence-electron chi connectivity index (χ2n) is 8.15. The van der Waals surface area contributed by atoms with Crippen LogP contribution in [0.2, 0.25) is 0 Å². The zero-order chi connectivity index (χ0) is 21.1. The molecule has 6 heteroatoms. The molecule has 6 nitrogen and oxygen atoms in total. The van der Waals surface area contributed by atoms with E-state index < -0.39 is 5.54 Å². The summed E-state index contributed by atoms with van der Waals surface area (Å²) < 4.78 is 0. The van der Waals surface area contributed by atoms with Gasteiger partial charge in [-0.25, -0.2) is 4.79 Å². The van der Waals surface area contributed by atoms with Gasteiger partial charge in [-0.2, -0.15) is 0 Å². The summed E-state index contributed by atoms with van der Waals surface area (Å²) >= 11 is 0. The number of likely N-dealkylation sites (tertiary alicyclic amines) is 1. The first kappa shape index (κ1) is 20.0. The van der Waals surface area contributed by atoms with Crippen molar-refractivity contribution in [2.24, 2.45) is 5.73 Å². The number of benzene rings is 2. The molecule has 30 heavy (non-hydrogen) atoms. The first-order valence-electron chi connectivity index (χ1n) is 10.3. The number of amides is 3. The van der Waals surface area contributed by atoms with E-state index in [1.807, 2.05) is 12.1 Å². The molecule has 2 aromatic carbocycles. The molecule has 2 aliphatic rings. The van der Waals surface area contributed by atoms with Gasteiger partial charge in [-0.3, -0.25) is 4.79 Å². The molecule has 0 aromatic heterocycles. The lowest BCUT2D eigenvalue weighted by Crippen LogP contribution is -2.58. The summed E-state index contributed by atoms with van der Waals surface area (Å²) in [5.74, 6) is 3.02. The van der Waals surface area contributed by atoms with Crippen LogP contribution in [0.3, 0.4) is 0 Å². The van der Waals surface area contributed by atoms with Crippen molar-refractivity contribution in [2.75, 3.05) is 23.7 Å². The first-order valence-corrected chi connectivity index (χ1v) is 10.3. The fourth-order valence-corrected chi connectivity index (χ4v) is 3.74. The third kappa shape index (κ3) is 4.47. The highest BCUT2D eigenvalue weighted by molar-refractivity contribution is 5.98. The molecule has 3 amide bonds. The molecule has 2 aromatic rings. The van der Waals surface area contributed by atoms with Crippen LogP contribution in [0.1, 0.15) is 42.7 Å². The van der Waals surface area contributed by atoms with Crippen LogP contribution in [0, 0.1) is 12.3 Å². The van der Waals surface area contributed by atoms with Crippen molar-refractivity contribution in [1.82, 2.24) is 4.90 Å². The van der Waals surface area contributed by atoms with Gasteiger partial charge in [-0.15, -0.1) is 6.42 Å². The molecule has 154 valence electrons. The van der Waals surface area contributed by atoms with Gasteiger partial charge in [0.15, 0.2) is 0 Å². The summed E-state index contributed by atoms with van der Waals surface area (Å²) in [6.45, 7) is 0.816. The van der Waals surface area contributed by atoms with Crippen LogP contribution in [-0.4, -0.2) is 35.5 Å². The lowest BCUT2D eigenvalue weighted by molar-refractivity contribution is -0.122. The Kier molecular flexibility index (Phi) is 5.47. The maximum atomic E-state index is 12.8. The number of anilines is 2. The van der Waals surface area contributed by atoms with E-state index in [0.29, 0.717) is 43.1 Å². The van der Waals surface area contributed by atoms with Gasteiger partial charge in [-0.05, 0) is 67.5 Å². The SMILES string of the molecule is C#Cc1cccc(NC(=O)N2CCC(N)(C(=O)Nc3ccc(C4CC4)cc3)CC2)c1. The first-order chi connectivity index (χ1) is 14.5. The van der Waals surface area contributed by atoms with Crippen LogP contribution in [-0.2, 0) is 4.79 Å². The van der Waals surface area contributed by atoms with Gasteiger partial charge < -0.3 is 21.3 Å². The molecular formula is C24H26N4O2. The quantitative estimate of drug-likeness (QED) is 0.684. The van der Waals surface area contributed by atoms with Crippen LogP contribution in [0.25, 0.3) is 0 Å². The fraction of sp³-hybridized carbons (Fsp3) is 0.333. The molecule has 1 aliphatic heterocycles. The van der Waals surface area contributed by atoms with Gasteiger partial charge >= 0.3 is 6.03 Å². The number of hydrogen-bond donors (Lipinski definition) is 3. The molecule has 1 heterocycles. The van der Waals surface area contributed by atoms with E-state index in [-0.39, 0.29) is 11.9 Å². The monoisotopic (exact) mass is 402 g/mol. The minimum absolute atomic E-state index is 0.205. The Balaban J connectivity index is 1.31. The molecule has 1 aliphatic carbocycles. The van der Waals surface area contributed by atoms with E-state index in [1.54, 1.807) is 29.2 Å². The number of nitrogens with one attached hydrogen (secondary N) is 2. The van der Waals surface area contributed by atoms with Crippen LogP contribution in [0.4, 0.5) is 16.2 Å². The maximum absolute atomic E-state index is 12.8. The smallest absolute Gasteiger partial charge is 0.321 e. The largest absolute Gasteiger partial charge is 0.324 e. The van der Waals surface area contributed by atoms with Gasteiger partial charge in [0.2, 0.25) is 5.91 Å². The lowest BCUT2D eigenvalue weighted by atomic mass is 9.87. The van der Waals surface area contributed by atoms with Crippen molar-refractivity contribution in [3.63, 3.8) is 0 Å². The van der Waals surface area contributed by atoms with Gasteiger partial charge in [0.05, 0.1) is 5.54 Å². The van der Waals surface area contributed by atoms with Gasteiger partial charge in [0.25, 0.3) is 0 Å². The van der Waals surface area contributed by atoms with E-state index in [0.717, 1.165) is 5.69 Å². The number of carbonyl (C=O) groups excluding carboxylic acids is 2. The highest BCUT2D eigenvalue weighted by atomic mass is 16.2. The normalized spacial score (nSPS) is 17.7. The van der Waals surface area contributed by atoms with E-state index in [2.05, 4.69) is 28.7 Å². The van der Waals surface area contributed by atoms with Crippen molar-refractivity contribution in [2.45, 2.75) is 37.1 Å². The third-order valence-corrected chi connectivity index (χ3v) is 5.89. The van der Waals surface area contributed by atoms with Crippen LogP contribution < -0.4 is 16.4 Å². The summed E-state index contributed by atoms with van der Waals surface area (Å²) in [6.07, 6.45) is 8.70. The van der Waals surface area contributed by atoms with Crippen molar-refractivity contribution in [1.29, 1.82) is 0 Å². The number of urea groups is 1. The number of piperidine rings is 1. The molecule has 1 saturated carbocycles. The number of rotatable bonds is 4. The molecular weight excluding hydrogens is 376 g/mol. The molecule has 0 radical (unpaired) electrons. The lowest BCUT2D eigenvalue weighted by Gasteiger charge is -2.37. The minimum Gasteiger partial charge on any atom is -0.324 e. The van der Waals surface area contributed by atoms with Crippen molar-refractivity contribution in [3.05, 3.63) is 59.7 Å². The zero-order valence-electron chi connectivity index (χ0n) is 16.9. The van der Waals surface area contributed by atoms with Crippen LogP contribution in [0.5, 0.6) is 0 Å². The predicted octanol–water partition coefficient (Wildman–Crippen LogP) is 3.51. The molecule has 2 fully saturated rings. The predicted molar refractivity (Wildman–Crippen MR) is 118 cm³/mol. The topological polar surface area (TPSA) is 87.5 Å². The number of hydrogen-bond acceptors (Lipinski definition) is 3. The standard InChI is InChI=1S/C24H26N4O2/c1-2-17-4-3-5-21(16-17)27-23(30)28-14-12-24(25,13-15-28)22(29)26-20-10-8-19(9-11-20)18-6-7-18/h1,3-5,8-11,16,18H,6-7,12-15,25H2,(H,26,29)(H,27,30). The molecule has 1 saturated heterocycles. The van der Waals surface area contributed by atoms with Crippen molar-refractivity contribution >= 4 is 23.3 Å². The molecule has 0 bridgehead atoms. The highest BCUT2D eigenvalue weighted by Gasteiger charge is 2.39. The summed E-state index contributed by atoms with van der Waals surface area (Å²) in [5.41, 5.74) is 8.83. The Morgan fingerprint density at radius 1 is 1.03 bits per heavy atom. The molecule has 0 atom stereocenters. The Hall–Kier alpha value is -3.30. The third-order valence-electron chi connectivity index (χ3n) is 5.89. The minimum atomic E-state index is -0.991. The number of carbonyl (C=O) groups is 2. The van der Waals surface area contributed by atoms with Crippen molar-refractivity contribution in [3.8, 4) is 12.3 Å². The fourth-order valence-electron chi connectivity index (χ4n) is 3.74. The Bertz CT molecular complexity index is 981. The van der Waals surface area contributed by atoms with E-state index >= 15 is 0 Å². The second kappa shape index (κ2) is 8.21. The summed E-state index contributed by atoms with van der Waals surface area (Å²) in [5, 5.41) is 5.79. The van der Waals surface area contributed by atoms with Crippen LogP contribution in [0.15, 0.2) is 48.5 Å². The second-order valence-corrected chi connectivity index (χ2v) is 8.15. The van der Waals surface area contributed by atoms with Gasteiger partial charge in [0.1, 0.15) is 0 Å². The Labute approximate surface area is 176 Å². The average molecular weight is 402 g/mol. The van der Waals surface area contributed by atoms with E-state index in [9.17, 15) is 9.59 Å². The maximum Gasteiger partial charge on any atom is 0.321 e. The highest BCUT2D eigenvalue weighted by Crippen LogP contribution is 2.40. The van der Waals surface area contributed by atoms with E-state index in [4.69, 9.17) is 12.2 Å². The van der Waals surface area contributed by atoms with E-state index in [1.165, 1.54) is 18.4 Å². The number of nitrogens with zero attached hydrogens (tertiary/aromatic N) is 1. The summed E-state index contributed by atoms with van der Waals surface area (Å²) in [6, 6.07) is 14.9. The Morgan fingerprint density at radius 3 is 2.37 bits per heavy atom. The molecule has 4 rings (SSSR count).